The molecule has 0 saturated heterocycles. The van der Waals surface area contributed by atoms with Gasteiger partial charge in [0.2, 0.25) is 5.91 Å². The summed E-state index contributed by atoms with van der Waals surface area (Å²) >= 11 is 5.91. The van der Waals surface area contributed by atoms with Crippen LogP contribution in [0.15, 0.2) is 18.2 Å². The van der Waals surface area contributed by atoms with Crippen LogP contribution in [-0.2, 0) is 16.0 Å². The van der Waals surface area contributed by atoms with Gasteiger partial charge in [0.15, 0.2) is 0 Å². The number of nitrogens with zero attached hydrogens (tertiary/aromatic N) is 1. The predicted octanol–water partition coefficient (Wildman–Crippen LogP) is 2.21. The predicted molar refractivity (Wildman–Crippen MR) is 76.2 cm³/mol. The van der Waals surface area contributed by atoms with E-state index in [9.17, 15) is 9.59 Å². The Bertz CT molecular complexity index is 490. The highest BCUT2D eigenvalue weighted by Gasteiger charge is 2.18. The van der Waals surface area contributed by atoms with Gasteiger partial charge >= 0.3 is 5.97 Å². The van der Waals surface area contributed by atoms with E-state index in [-0.39, 0.29) is 18.9 Å². The van der Waals surface area contributed by atoms with Crippen molar-refractivity contribution in [2.75, 3.05) is 20.2 Å². The summed E-state index contributed by atoms with van der Waals surface area (Å²) in [7, 11) is 1.51. The van der Waals surface area contributed by atoms with Crippen LogP contribution in [0.3, 0.4) is 0 Å². The molecule has 0 aliphatic heterocycles. The number of amides is 1. The van der Waals surface area contributed by atoms with Gasteiger partial charge in [-0.15, -0.1) is 0 Å². The highest BCUT2D eigenvalue weighted by Crippen LogP contribution is 2.23. The second-order valence-electron chi connectivity index (χ2n) is 4.34. The van der Waals surface area contributed by atoms with E-state index in [2.05, 4.69) is 0 Å². The summed E-state index contributed by atoms with van der Waals surface area (Å²) < 4.78 is 5.18. The van der Waals surface area contributed by atoms with Crippen molar-refractivity contribution in [3.63, 3.8) is 0 Å². The fourth-order valence-corrected chi connectivity index (χ4v) is 2.08. The Kier molecular flexibility index (Phi) is 6.31. The van der Waals surface area contributed by atoms with E-state index in [1.54, 1.807) is 18.2 Å². The second-order valence-corrected chi connectivity index (χ2v) is 4.78. The van der Waals surface area contributed by atoms with Crippen molar-refractivity contribution in [3.05, 3.63) is 28.8 Å². The summed E-state index contributed by atoms with van der Waals surface area (Å²) in [4.78, 5) is 24.3. The van der Waals surface area contributed by atoms with Gasteiger partial charge in [-0.2, -0.15) is 0 Å². The largest absolute Gasteiger partial charge is 0.496 e. The summed E-state index contributed by atoms with van der Waals surface area (Å²) in [6.07, 6.45) is 0.767. The number of halogens is 1. The van der Waals surface area contributed by atoms with Gasteiger partial charge < -0.3 is 14.7 Å². The van der Waals surface area contributed by atoms with Gasteiger partial charge in [0, 0.05) is 17.1 Å². The van der Waals surface area contributed by atoms with E-state index in [0.29, 0.717) is 29.3 Å². The summed E-state index contributed by atoms with van der Waals surface area (Å²) in [5.74, 6) is -0.714. The van der Waals surface area contributed by atoms with Crippen molar-refractivity contribution in [2.24, 2.45) is 0 Å². The van der Waals surface area contributed by atoms with Gasteiger partial charge in [0.1, 0.15) is 12.3 Å². The highest BCUT2D eigenvalue weighted by atomic mass is 35.5. The molecule has 0 fully saturated rings. The molecular weight excluding hydrogens is 282 g/mol. The number of hydrogen-bond acceptors (Lipinski definition) is 3. The van der Waals surface area contributed by atoms with Gasteiger partial charge in [-0.05, 0) is 24.6 Å². The van der Waals surface area contributed by atoms with Crippen LogP contribution in [0.2, 0.25) is 5.02 Å². The molecule has 1 aromatic rings. The van der Waals surface area contributed by atoms with E-state index < -0.39 is 5.97 Å². The minimum absolute atomic E-state index is 0.0665. The molecule has 20 heavy (non-hydrogen) atoms. The lowest BCUT2D eigenvalue weighted by Crippen LogP contribution is -2.37. The fraction of sp³-hybridized carbons (Fsp3) is 0.429. The maximum absolute atomic E-state index is 12.2. The summed E-state index contributed by atoms with van der Waals surface area (Å²) in [5.41, 5.74) is 0.650. The molecule has 0 spiro atoms. The summed E-state index contributed by atoms with van der Waals surface area (Å²) in [5, 5.41) is 9.34. The standard InChI is InChI=1S/C14H18ClNO4/c1-3-6-16(9-14(18)19)13(17)8-10-7-11(15)4-5-12(10)20-2/h4-5,7H,3,6,8-9H2,1-2H3,(H,18,19). The smallest absolute Gasteiger partial charge is 0.323 e. The van der Waals surface area contributed by atoms with Gasteiger partial charge in [-0.25, -0.2) is 0 Å². The molecule has 0 radical (unpaired) electrons. The molecule has 0 aliphatic carbocycles. The molecule has 0 heterocycles. The van der Waals surface area contributed by atoms with Crippen LogP contribution in [0.5, 0.6) is 5.75 Å². The van der Waals surface area contributed by atoms with Crippen molar-refractivity contribution >= 4 is 23.5 Å². The Balaban J connectivity index is 2.86. The molecule has 0 saturated carbocycles. The molecule has 0 atom stereocenters. The van der Waals surface area contributed by atoms with Gasteiger partial charge in [-0.1, -0.05) is 18.5 Å². The molecule has 0 aliphatic rings. The first-order valence-electron chi connectivity index (χ1n) is 6.30. The number of benzene rings is 1. The summed E-state index contributed by atoms with van der Waals surface area (Å²) in [6, 6.07) is 5.02. The molecule has 0 bridgehead atoms. The van der Waals surface area contributed by atoms with E-state index in [4.69, 9.17) is 21.4 Å². The zero-order chi connectivity index (χ0) is 15.1. The fourth-order valence-electron chi connectivity index (χ4n) is 1.89. The zero-order valence-electron chi connectivity index (χ0n) is 11.6. The van der Waals surface area contributed by atoms with Gasteiger partial charge in [0.25, 0.3) is 0 Å². The molecule has 5 nitrogen and oxygen atoms in total. The number of carboxylic acid groups (broad SMARTS) is 1. The first-order chi connectivity index (χ1) is 9.47. The van der Waals surface area contributed by atoms with Crippen molar-refractivity contribution in [1.82, 2.24) is 4.90 Å². The zero-order valence-corrected chi connectivity index (χ0v) is 12.3. The molecule has 0 aromatic heterocycles. The van der Waals surface area contributed by atoms with Crippen molar-refractivity contribution in [1.29, 1.82) is 0 Å². The number of ether oxygens (including phenoxy) is 1. The van der Waals surface area contributed by atoms with Crippen LogP contribution in [0, 0.1) is 0 Å². The van der Waals surface area contributed by atoms with Crippen LogP contribution in [-0.4, -0.2) is 42.1 Å². The molecular formula is C14H18ClNO4. The normalized spacial score (nSPS) is 10.2. The lowest BCUT2D eigenvalue weighted by atomic mass is 10.1. The van der Waals surface area contributed by atoms with E-state index >= 15 is 0 Å². The lowest BCUT2D eigenvalue weighted by molar-refractivity contribution is -0.144. The van der Waals surface area contributed by atoms with Crippen molar-refractivity contribution in [2.45, 2.75) is 19.8 Å². The van der Waals surface area contributed by atoms with Crippen LogP contribution >= 0.6 is 11.6 Å². The SMILES string of the molecule is CCCN(CC(=O)O)C(=O)Cc1cc(Cl)ccc1OC. The molecule has 1 N–H and O–H groups in total. The number of aliphatic carboxylic acids is 1. The lowest BCUT2D eigenvalue weighted by Gasteiger charge is -2.20. The number of rotatable bonds is 7. The molecule has 1 aromatic carbocycles. The Morgan fingerprint density at radius 2 is 2.10 bits per heavy atom. The Morgan fingerprint density at radius 3 is 2.65 bits per heavy atom. The molecule has 110 valence electrons. The first kappa shape index (κ1) is 16.3. The third-order valence-electron chi connectivity index (χ3n) is 2.76. The average Bonchev–Trinajstić information content (AvgIpc) is 2.38. The molecule has 0 unspecified atom stereocenters. The minimum Gasteiger partial charge on any atom is -0.496 e. The average molecular weight is 300 g/mol. The summed E-state index contributed by atoms with van der Waals surface area (Å²) in [6.45, 7) is 2.01. The third-order valence-corrected chi connectivity index (χ3v) is 2.99. The number of carbonyl (C=O) groups is 2. The van der Waals surface area contributed by atoms with Crippen LogP contribution < -0.4 is 4.74 Å². The van der Waals surface area contributed by atoms with Gasteiger partial charge in [0.05, 0.1) is 13.5 Å². The maximum Gasteiger partial charge on any atom is 0.323 e. The Labute approximate surface area is 123 Å². The topological polar surface area (TPSA) is 66.8 Å². The molecule has 1 amide bonds. The molecule has 1 rings (SSSR count). The van der Waals surface area contributed by atoms with E-state index in [1.165, 1.54) is 12.0 Å². The van der Waals surface area contributed by atoms with Crippen LogP contribution in [0.4, 0.5) is 0 Å². The number of methoxy groups -OCH3 is 1. The maximum atomic E-state index is 12.2. The highest BCUT2D eigenvalue weighted by molar-refractivity contribution is 6.30. The second kappa shape index (κ2) is 7.75. The quantitative estimate of drug-likeness (QED) is 0.838. The number of carboxylic acids is 1. The van der Waals surface area contributed by atoms with Crippen LogP contribution in [0.25, 0.3) is 0 Å². The third kappa shape index (κ3) is 4.74. The Hall–Kier alpha value is -1.75. The monoisotopic (exact) mass is 299 g/mol. The van der Waals surface area contributed by atoms with E-state index in [0.717, 1.165) is 0 Å². The van der Waals surface area contributed by atoms with Gasteiger partial charge in [-0.3, -0.25) is 9.59 Å². The van der Waals surface area contributed by atoms with Crippen molar-refractivity contribution < 1.29 is 19.4 Å². The first-order valence-corrected chi connectivity index (χ1v) is 6.67. The minimum atomic E-state index is -1.02. The number of hydrogen-bond donors (Lipinski definition) is 1. The Morgan fingerprint density at radius 1 is 1.40 bits per heavy atom. The van der Waals surface area contributed by atoms with Crippen LogP contribution in [0.1, 0.15) is 18.9 Å². The van der Waals surface area contributed by atoms with E-state index in [1.807, 2.05) is 6.92 Å². The van der Waals surface area contributed by atoms with Crippen molar-refractivity contribution in [3.8, 4) is 5.75 Å². The molecule has 6 heteroatoms. The number of carbonyl (C=O) groups excluding carboxylic acids is 1.